The van der Waals surface area contributed by atoms with Crippen LogP contribution in [-0.2, 0) is 9.53 Å². The van der Waals surface area contributed by atoms with Crippen molar-refractivity contribution in [2.24, 2.45) is 11.8 Å². The van der Waals surface area contributed by atoms with Crippen molar-refractivity contribution in [3.05, 3.63) is 45.2 Å². The van der Waals surface area contributed by atoms with Crippen LogP contribution in [0, 0.1) is 11.8 Å². The Balaban J connectivity index is 1.73. The minimum absolute atomic E-state index is 0.162. The van der Waals surface area contributed by atoms with Crippen molar-refractivity contribution in [2.75, 3.05) is 37.7 Å². The Morgan fingerprint density at radius 1 is 1.24 bits per heavy atom. The molecule has 2 aliphatic rings. The van der Waals surface area contributed by atoms with Gasteiger partial charge < -0.3 is 9.64 Å². The number of thiocarbonyl (C=S) groups is 1. The number of nitrogens with zero attached hydrogens (tertiary/aromatic N) is 4. The van der Waals surface area contributed by atoms with Crippen molar-refractivity contribution in [3.8, 4) is 0 Å². The van der Waals surface area contributed by atoms with E-state index in [0.717, 1.165) is 19.5 Å². The number of ether oxygens (including phenoxy) is 1. The van der Waals surface area contributed by atoms with Crippen LogP contribution >= 0.6 is 24.0 Å². The molecule has 0 saturated carbocycles. The fourth-order valence-electron chi connectivity index (χ4n) is 4.59. The van der Waals surface area contributed by atoms with Crippen LogP contribution in [0.5, 0.6) is 0 Å². The highest BCUT2D eigenvalue weighted by atomic mass is 32.2. The monoisotopic (exact) mass is 486 g/mol. The lowest BCUT2D eigenvalue weighted by Gasteiger charge is -2.36. The Morgan fingerprint density at radius 3 is 2.73 bits per heavy atom. The van der Waals surface area contributed by atoms with Crippen LogP contribution in [-0.4, -0.2) is 57.4 Å². The molecule has 0 aromatic carbocycles. The summed E-state index contributed by atoms with van der Waals surface area (Å²) in [5.41, 5.74) is 0.863. The zero-order chi connectivity index (χ0) is 23.5. The lowest BCUT2D eigenvalue weighted by atomic mass is 9.91. The highest BCUT2D eigenvalue weighted by Crippen LogP contribution is 2.34. The maximum Gasteiger partial charge on any atom is 0.267 e. The molecule has 7 nitrogen and oxygen atoms in total. The molecule has 0 aliphatic carbocycles. The summed E-state index contributed by atoms with van der Waals surface area (Å²) >= 11 is 6.71. The molecule has 33 heavy (non-hydrogen) atoms. The molecule has 2 aromatic heterocycles. The minimum Gasteiger partial charge on any atom is -0.382 e. The van der Waals surface area contributed by atoms with Crippen LogP contribution < -0.4 is 10.5 Å². The van der Waals surface area contributed by atoms with Gasteiger partial charge in [0, 0.05) is 39.0 Å². The first-order valence-corrected chi connectivity index (χ1v) is 12.7. The number of amides is 1. The second-order valence-corrected chi connectivity index (χ2v) is 10.5. The number of thioether (sulfide) groups is 1. The third-order valence-electron chi connectivity index (χ3n) is 5.94. The van der Waals surface area contributed by atoms with E-state index in [1.54, 1.807) is 17.2 Å². The van der Waals surface area contributed by atoms with Crippen molar-refractivity contribution < 1.29 is 9.53 Å². The van der Waals surface area contributed by atoms with Gasteiger partial charge in [-0.05, 0) is 49.8 Å². The molecule has 1 amide bonds. The number of piperidine rings is 1. The standard InChI is InChI=1S/C24H30N4O3S2/c1-4-31-11-7-10-28-23(30)19(33-24(28)32)13-18-21(26-14-16(2)12-17(3)15-26)25-20-8-5-6-9-27(20)22(18)29/h5-6,8-9,13,16-17H,4,7,10-12,14-15H2,1-3H3/b19-13+. The smallest absolute Gasteiger partial charge is 0.267 e. The number of anilines is 1. The van der Waals surface area contributed by atoms with Gasteiger partial charge in [-0.3, -0.25) is 18.9 Å². The topological polar surface area (TPSA) is 67.2 Å². The predicted molar refractivity (Wildman–Crippen MR) is 138 cm³/mol. The predicted octanol–water partition coefficient (Wildman–Crippen LogP) is 3.80. The van der Waals surface area contributed by atoms with E-state index < -0.39 is 0 Å². The molecule has 2 aliphatic heterocycles. The molecule has 4 rings (SSSR count). The molecule has 2 aromatic rings. The van der Waals surface area contributed by atoms with Gasteiger partial charge in [-0.15, -0.1) is 0 Å². The maximum atomic E-state index is 13.5. The Bertz CT molecular complexity index is 1140. The number of carbonyl (C=O) groups excluding carboxylic acids is 1. The number of hydrogen-bond acceptors (Lipinski definition) is 7. The normalized spacial score (nSPS) is 22.7. The van der Waals surface area contributed by atoms with E-state index in [0.29, 0.717) is 64.3 Å². The highest BCUT2D eigenvalue weighted by molar-refractivity contribution is 8.26. The number of aromatic nitrogens is 2. The number of fused-ring (bicyclic) bond motifs is 1. The van der Waals surface area contributed by atoms with Crippen molar-refractivity contribution in [1.82, 2.24) is 14.3 Å². The second-order valence-electron chi connectivity index (χ2n) is 8.82. The fraction of sp³-hybridized carbons (Fsp3) is 0.500. The van der Waals surface area contributed by atoms with E-state index in [1.807, 2.05) is 25.1 Å². The Hall–Kier alpha value is -2.23. The summed E-state index contributed by atoms with van der Waals surface area (Å²) in [6, 6.07) is 5.52. The van der Waals surface area contributed by atoms with Crippen LogP contribution in [0.25, 0.3) is 11.7 Å². The lowest BCUT2D eigenvalue weighted by Crippen LogP contribution is -2.40. The van der Waals surface area contributed by atoms with E-state index >= 15 is 0 Å². The lowest BCUT2D eigenvalue weighted by molar-refractivity contribution is -0.122. The van der Waals surface area contributed by atoms with Gasteiger partial charge in [-0.25, -0.2) is 4.98 Å². The number of rotatable bonds is 7. The maximum absolute atomic E-state index is 13.5. The molecule has 2 saturated heterocycles. The van der Waals surface area contributed by atoms with Gasteiger partial charge in [0.05, 0.1) is 10.5 Å². The molecule has 9 heteroatoms. The molecule has 2 atom stereocenters. The number of carbonyl (C=O) groups is 1. The third kappa shape index (κ3) is 5.15. The van der Waals surface area contributed by atoms with Gasteiger partial charge >= 0.3 is 0 Å². The van der Waals surface area contributed by atoms with Crippen molar-refractivity contribution in [3.63, 3.8) is 0 Å². The van der Waals surface area contributed by atoms with E-state index in [-0.39, 0.29) is 11.5 Å². The first-order chi connectivity index (χ1) is 15.9. The van der Waals surface area contributed by atoms with E-state index in [1.165, 1.54) is 16.2 Å². The first-order valence-electron chi connectivity index (χ1n) is 11.5. The summed E-state index contributed by atoms with van der Waals surface area (Å²) in [6.45, 7) is 9.79. The van der Waals surface area contributed by atoms with E-state index in [4.69, 9.17) is 21.9 Å². The zero-order valence-corrected chi connectivity index (χ0v) is 21.0. The second kappa shape index (κ2) is 10.4. The van der Waals surface area contributed by atoms with Crippen LogP contribution in [0.4, 0.5) is 5.82 Å². The third-order valence-corrected chi connectivity index (χ3v) is 7.32. The van der Waals surface area contributed by atoms with Gasteiger partial charge in [0.1, 0.15) is 15.8 Å². The Morgan fingerprint density at radius 2 is 2.00 bits per heavy atom. The number of hydrogen-bond donors (Lipinski definition) is 0. The average Bonchev–Trinajstić information content (AvgIpc) is 3.05. The van der Waals surface area contributed by atoms with Crippen molar-refractivity contribution >= 4 is 51.7 Å². The van der Waals surface area contributed by atoms with Crippen LogP contribution in [0.15, 0.2) is 34.1 Å². The summed E-state index contributed by atoms with van der Waals surface area (Å²) in [5.74, 6) is 1.49. The van der Waals surface area contributed by atoms with Gasteiger partial charge in [0.15, 0.2) is 0 Å². The van der Waals surface area contributed by atoms with Crippen molar-refractivity contribution in [2.45, 2.75) is 33.6 Å². The van der Waals surface area contributed by atoms with Crippen molar-refractivity contribution in [1.29, 1.82) is 0 Å². The van der Waals surface area contributed by atoms with Crippen LogP contribution in [0.3, 0.4) is 0 Å². The van der Waals surface area contributed by atoms with E-state index in [2.05, 4.69) is 18.7 Å². The summed E-state index contributed by atoms with van der Waals surface area (Å²) in [4.78, 5) is 35.8. The molecule has 0 bridgehead atoms. The highest BCUT2D eigenvalue weighted by Gasteiger charge is 2.33. The molecule has 2 fully saturated rings. The van der Waals surface area contributed by atoms with Crippen LogP contribution in [0.1, 0.15) is 39.2 Å². The average molecular weight is 487 g/mol. The summed E-state index contributed by atoms with van der Waals surface area (Å²) < 4.78 is 7.43. The molecule has 176 valence electrons. The summed E-state index contributed by atoms with van der Waals surface area (Å²) in [5, 5.41) is 0. The van der Waals surface area contributed by atoms with Gasteiger partial charge in [-0.1, -0.05) is 43.9 Å². The first kappa shape index (κ1) is 23.9. The SMILES string of the molecule is CCOCCCN1C(=O)/C(=C\c2c(N3CC(C)CC(C)C3)nc3ccccn3c2=O)SC1=S. The molecule has 0 spiro atoms. The van der Waals surface area contributed by atoms with Gasteiger partial charge in [0.25, 0.3) is 11.5 Å². The minimum atomic E-state index is -0.178. The van der Waals surface area contributed by atoms with Gasteiger partial charge in [0.2, 0.25) is 0 Å². The Labute approximate surface area is 203 Å². The quantitative estimate of drug-likeness (QED) is 0.335. The summed E-state index contributed by atoms with van der Waals surface area (Å²) in [6.07, 6.45) is 5.27. The van der Waals surface area contributed by atoms with Gasteiger partial charge in [-0.2, -0.15) is 0 Å². The molecule has 0 N–H and O–H groups in total. The summed E-state index contributed by atoms with van der Waals surface area (Å²) in [7, 11) is 0. The molecule has 0 radical (unpaired) electrons. The zero-order valence-electron chi connectivity index (χ0n) is 19.3. The molecule has 4 heterocycles. The largest absolute Gasteiger partial charge is 0.382 e. The Kier molecular flexibility index (Phi) is 7.51. The number of pyridine rings is 1. The molecular formula is C24H30N4O3S2. The van der Waals surface area contributed by atoms with E-state index in [9.17, 15) is 9.59 Å². The molecular weight excluding hydrogens is 456 g/mol. The molecule has 2 unspecified atom stereocenters. The van der Waals surface area contributed by atoms with Crippen LogP contribution in [0.2, 0.25) is 0 Å². The fourth-order valence-corrected chi connectivity index (χ4v) is 5.88.